The molecule has 0 saturated carbocycles. The Morgan fingerprint density at radius 3 is 2.66 bits per heavy atom. The summed E-state index contributed by atoms with van der Waals surface area (Å²) in [6.45, 7) is -1.06. The van der Waals surface area contributed by atoms with Crippen molar-refractivity contribution in [3.8, 4) is 11.3 Å². The minimum absolute atomic E-state index is 0.130. The number of para-hydroxylation sites is 1. The van der Waals surface area contributed by atoms with Gasteiger partial charge in [-0.05, 0) is 24.3 Å². The first kappa shape index (κ1) is 18.7. The number of aromatic nitrogens is 2. The second-order valence-electron chi connectivity index (χ2n) is 6.54. The minimum Gasteiger partial charge on any atom is -0.447 e. The fourth-order valence-corrected chi connectivity index (χ4v) is 3.35. The number of ketones is 1. The number of anilines is 2. The van der Waals surface area contributed by atoms with Gasteiger partial charge in [-0.15, -0.1) is 0 Å². The number of carbonyl (C=O) groups is 2. The number of fused-ring (bicyclic) bond motifs is 1. The van der Waals surface area contributed by atoms with Gasteiger partial charge >= 0.3 is 6.09 Å². The summed E-state index contributed by atoms with van der Waals surface area (Å²) in [5.74, 6) is -0.224. The Morgan fingerprint density at radius 2 is 1.93 bits per heavy atom. The number of hydrogen-bond donors (Lipinski definition) is 2. The zero-order chi connectivity index (χ0) is 20.2. The number of aromatic amines is 1. The van der Waals surface area contributed by atoms with E-state index in [1.165, 1.54) is 4.90 Å². The number of amides is 1. The van der Waals surface area contributed by atoms with Crippen LogP contribution in [-0.4, -0.2) is 46.6 Å². The smallest absolute Gasteiger partial charge is 0.410 e. The number of Topliss-reactive ketones (excluding diaryl/α,β-unsaturated/α-hetero) is 1. The monoisotopic (exact) mass is 394 g/mol. The zero-order valence-corrected chi connectivity index (χ0v) is 15.5. The molecule has 0 spiro atoms. The number of benzene rings is 1. The zero-order valence-electron chi connectivity index (χ0n) is 15.5. The number of nitrogens with zero attached hydrogens (tertiary/aromatic N) is 2. The highest BCUT2D eigenvalue weighted by molar-refractivity contribution is 6.09. The normalized spacial score (nSPS) is 13.1. The van der Waals surface area contributed by atoms with Crippen molar-refractivity contribution in [1.82, 2.24) is 14.9 Å². The lowest BCUT2D eigenvalue weighted by atomic mass is 10.0. The van der Waals surface area contributed by atoms with Crippen LogP contribution in [0.5, 0.6) is 0 Å². The summed E-state index contributed by atoms with van der Waals surface area (Å²) in [5, 5.41) is 3.33. The number of pyridine rings is 1. The summed E-state index contributed by atoms with van der Waals surface area (Å²) in [5.41, 5.74) is 4.18. The van der Waals surface area contributed by atoms with Crippen LogP contribution < -0.4 is 5.32 Å². The number of nitrogens with one attached hydrogen (secondary N) is 2. The molecular weight excluding hydrogens is 375 g/mol. The van der Waals surface area contributed by atoms with Crippen LogP contribution in [0.3, 0.4) is 0 Å². The Kier molecular flexibility index (Phi) is 5.24. The van der Waals surface area contributed by atoms with Gasteiger partial charge in [0.15, 0.2) is 5.78 Å². The van der Waals surface area contributed by atoms with Gasteiger partial charge in [-0.2, -0.15) is 0 Å². The highest BCUT2D eigenvalue weighted by Crippen LogP contribution is 2.37. The summed E-state index contributed by atoms with van der Waals surface area (Å²) in [6.07, 6.45) is 2.63. The van der Waals surface area contributed by atoms with E-state index in [1.807, 2.05) is 42.5 Å². The molecule has 2 aromatic heterocycles. The maximum Gasteiger partial charge on any atom is 0.410 e. The van der Waals surface area contributed by atoms with Gasteiger partial charge in [0, 0.05) is 29.3 Å². The van der Waals surface area contributed by atoms with Gasteiger partial charge in [-0.3, -0.25) is 14.7 Å². The number of ether oxygens (including phenoxy) is 1. The van der Waals surface area contributed by atoms with Crippen molar-refractivity contribution in [3.05, 3.63) is 66.1 Å². The van der Waals surface area contributed by atoms with Gasteiger partial charge in [-0.25, -0.2) is 9.18 Å². The van der Waals surface area contributed by atoms with E-state index in [1.54, 1.807) is 12.4 Å². The summed E-state index contributed by atoms with van der Waals surface area (Å²) in [7, 11) is 0. The fourth-order valence-electron chi connectivity index (χ4n) is 3.35. The summed E-state index contributed by atoms with van der Waals surface area (Å²) in [6, 6.07) is 13.2. The molecule has 0 atom stereocenters. The van der Waals surface area contributed by atoms with Crippen molar-refractivity contribution in [1.29, 1.82) is 0 Å². The Morgan fingerprint density at radius 1 is 1.17 bits per heavy atom. The van der Waals surface area contributed by atoms with Crippen LogP contribution in [0.2, 0.25) is 0 Å². The maximum atomic E-state index is 12.9. The lowest BCUT2D eigenvalue weighted by Crippen LogP contribution is -2.40. The molecule has 1 amide bonds. The molecule has 2 N–H and O–H groups in total. The van der Waals surface area contributed by atoms with Crippen molar-refractivity contribution >= 4 is 23.3 Å². The van der Waals surface area contributed by atoms with E-state index < -0.39 is 12.8 Å². The van der Waals surface area contributed by atoms with E-state index >= 15 is 0 Å². The van der Waals surface area contributed by atoms with Crippen molar-refractivity contribution in [2.45, 2.75) is 6.54 Å². The van der Waals surface area contributed by atoms with E-state index in [0.717, 1.165) is 16.9 Å². The van der Waals surface area contributed by atoms with Crippen LogP contribution in [0.1, 0.15) is 16.1 Å². The molecular formula is C21H19FN4O3. The molecule has 1 aliphatic rings. The number of hydrogen-bond acceptors (Lipinski definition) is 5. The first-order chi connectivity index (χ1) is 14.2. The van der Waals surface area contributed by atoms with E-state index in [2.05, 4.69) is 15.3 Å². The third-order valence-corrected chi connectivity index (χ3v) is 4.61. The molecule has 0 saturated heterocycles. The van der Waals surface area contributed by atoms with Crippen LogP contribution in [0.25, 0.3) is 11.3 Å². The summed E-state index contributed by atoms with van der Waals surface area (Å²) in [4.78, 5) is 33.6. The first-order valence-corrected chi connectivity index (χ1v) is 9.15. The second kappa shape index (κ2) is 8.14. The van der Waals surface area contributed by atoms with Crippen LogP contribution in [0, 0.1) is 0 Å². The lowest BCUT2D eigenvalue weighted by Gasteiger charge is -2.25. The molecule has 8 heteroatoms. The minimum atomic E-state index is -0.765. The van der Waals surface area contributed by atoms with Crippen molar-refractivity contribution < 1.29 is 18.7 Å². The van der Waals surface area contributed by atoms with Gasteiger partial charge in [-0.1, -0.05) is 18.2 Å². The predicted octanol–water partition coefficient (Wildman–Crippen LogP) is 3.92. The highest BCUT2D eigenvalue weighted by Gasteiger charge is 2.33. The lowest BCUT2D eigenvalue weighted by molar-refractivity contribution is 0.0758. The van der Waals surface area contributed by atoms with Crippen molar-refractivity contribution in [2.24, 2.45) is 0 Å². The predicted molar refractivity (Wildman–Crippen MR) is 106 cm³/mol. The van der Waals surface area contributed by atoms with Gasteiger partial charge < -0.3 is 15.0 Å². The Bertz CT molecular complexity index is 1020. The van der Waals surface area contributed by atoms with Gasteiger partial charge in [0.2, 0.25) is 0 Å². The summed E-state index contributed by atoms with van der Waals surface area (Å²) < 4.78 is 17.1. The number of rotatable bonds is 5. The quantitative estimate of drug-likeness (QED) is 0.685. The van der Waals surface area contributed by atoms with Gasteiger partial charge in [0.05, 0.1) is 30.0 Å². The molecule has 148 valence electrons. The van der Waals surface area contributed by atoms with E-state index in [0.29, 0.717) is 16.9 Å². The Labute approximate surface area is 166 Å². The molecule has 0 aliphatic carbocycles. The van der Waals surface area contributed by atoms with Crippen LogP contribution in [0.15, 0.2) is 54.9 Å². The number of halogens is 1. The van der Waals surface area contributed by atoms with E-state index in [9.17, 15) is 14.0 Å². The van der Waals surface area contributed by atoms with Crippen LogP contribution in [-0.2, 0) is 11.3 Å². The molecule has 1 aliphatic heterocycles. The molecule has 0 radical (unpaired) electrons. The van der Waals surface area contributed by atoms with Crippen LogP contribution in [0.4, 0.5) is 20.6 Å². The third-order valence-electron chi connectivity index (χ3n) is 4.61. The SMILES string of the molecule is O=C1CN(C(=O)OCCF)Cc2[nH]c(-c3ccncc3)c(Nc3ccccc3)c21. The van der Waals surface area contributed by atoms with Crippen molar-refractivity contribution in [3.63, 3.8) is 0 Å². The molecule has 3 heterocycles. The molecule has 0 unspecified atom stereocenters. The third kappa shape index (κ3) is 3.82. The Balaban J connectivity index is 1.74. The second-order valence-corrected chi connectivity index (χ2v) is 6.54. The van der Waals surface area contributed by atoms with E-state index in [4.69, 9.17) is 4.74 Å². The highest BCUT2D eigenvalue weighted by atomic mass is 19.1. The number of H-pyrrole nitrogens is 1. The molecule has 7 nitrogen and oxygen atoms in total. The van der Waals surface area contributed by atoms with Gasteiger partial charge in [0.25, 0.3) is 0 Å². The first-order valence-electron chi connectivity index (χ1n) is 9.15. The molecule has 0 bridgehead atoms. The average molecular weight is 394 g/mol. The molecule has 29 heavy (non-hydrogen) atoms. The Hall–Kier alpha value is -3.68. The average Bonchev–Trinajstić information content (AvgIpc) is 3.12. The fraction of sp³-hybridized carbons (Fsp3) is 0.190. The molecule has 1 aromatic carbocycles. The molecule has 3 aromatic rings. The number of alkyl halides is 1. The molecule has 0 fully saturated rings. The number of carbonyl (C=O) groups excluding carboxylic acids is 2. The summed E-state index contributed by atoms with van der Waals surface area (Å²) >= 11 is 0. The standard InChI is InChI=1S/C21H19FN4O3/c22-8-11-29-21(28)26-12-16-18(17(27)13-26)20(24-15-4-2-1-3-5-15)19(25-16)14-6-9-23-10-7-14/h1-7,9-10,24-25H,8,11-13H2. The van der Waals surface area contributed by atoms with Crippen molar-refractivity contribution in [2.75, 3.05) is 25.1 Å². The van der Waals surface area contributed by atoms with Gasteiger partial charge in [0.1, 0.15) is 13.3 Å². The largest absolute Gasteiger partial charge is 0.447 e. The topological polar surface area (TPSA) is 87.3 Å². The molecule has 4 rings (SSSR count). The van der Waals surface area contributed by atoms with E-state index in [-0.39, 0.29) is 25.5 Å². The maximum absolute atomic E-state index is 12.9. The van der Waals surface area contributed by atoms with Crippen LogP contribution >= 0.6 is 0 Å².